The topological polar surface area (TPSA) is 37.3 Å². The van der Waals surface area contributed by atoms with E-state index in [-0.39, 0.29) is 5.91 Å². The van der Waals surface area contributed by atoms with E-state index in [1.165, 1.54) is 12.8 Å². The lowest BCUT2D eigenvalue weighted by Crippen LogP contribution is -2.28. The molecule has 1 aromatic heterocycles. The molecule has 1 aliphatic carbocycles. The van der Waals surface area contributed by atoms with Gasteiger partial charge in [-0.05, 0) is 61.9 Å². The molecule has 18 heavy (non-hydrogen) atoms. The van der Waals surface area contributed by atoms with Gasteiger partial charge in [0.1, 0.15) is 5.69 Å². The minimum atomic E-state index is 0.0337. The average Bonchev–Trinajstić information content (AvgIpc) is 3.07. The Bertz CT molecular complexity index is 424. The number of halogens is 1. The molecule has 1 aromatic rings. The van der Waals surface area contributed by atoms with Crippen LogP contribution in [-0.2, 0) is 0 Å². The van der Waals surface area contributed by atoms with E-state index >= 15 is 0 Å². The van der Waals surface area contributed by atoms with Crippen LogP contribution in [0.25, 0.3) is 0 Å². The molecule has 1 saturated carbocycles. The molecule has 100 valence electrons. The van der Waals surface area contributed by atoms with Gasteiger partial charge in [-0.25, -0.2) is 0 Å². The molecule has 0 radical (unpaired) electrons. The fraction of sp³-hybridized carbons (Fsp3) is 0.615. The minimum Gasteiger partial charge on any atom is -0.351 e. The molecule has 2 rings (SSSR count). The summed E-state index contributed by atoms with van der Waals surface area (Å²) in [5.41, 5.74) is 0.772. The van der Waals surface area contributed by atoms with Crippen molar-refractivity contribution in [3.63, 3.8) is 0 Å². The molecule has 0 aliphatic heterocycles. The molecule has 1 heterocycles. The summed E-state index contributed by atoms with van der Waals surface area (Å²) in [5, 5.41) is 2.98. The number of hydrogen-bond acceptors (Lipinski definition) is 2. The molecule has 0 bridgehead atoms. The highest BCUT2D eigenvalue weighted by Gasteiger charge is 2.27. The molecule has 0 saturated heterocycles. The van der Waals surface area contributed by atoms with E-state index in [0.717, 1.165) is 29.7 Å². The van der Waals surface area contributed by atoms with Crippen LogP contribution < -0.4 is 5.32 Å². The van der Waals surface area contributed by atoms with Crippen LogP contribution in [0, 0.1) is 0 Å². The standard InChI is InChI=1S/C13H20BrN3O/c1-16(2)7-3-6-15-13(18)12-8-10(14)9-17(12)11-4-5-11/h8-9,11H,3-7H2,1-2H3,(H,15,18). The van der Waals surface area contributed by atoms with Gasteiger partial charge in [0, 0.05) is 23.3 Å². The van der Waals surface area contributed by atoms with Crippen molar-refractivity contribution in [1.82, 2.24) is 14.8 Å². The van der Waals surface area contributed by atoms with Gasteiger partial charge < -0.3 is 14.8 Å². The van der Waals surface area contributed by atoms with Crippen LogP contribution in [0.3, 0.4) is 0 Å². The Morgan fingerprint density at radius 3 is 2.89 bits per heavy atom. The second-order valence-corrected chi connectivity index (χ2v) is 6.01. The predicted octanol–water partition coefficient (Wildman–Crippen LogP) is 2.27. The van der Waals surface area contributed by atoms with Gasteiger partial charge in [-0.3, -0.25) is 4.79 Å². The molecular weight excluding hydrogens is 294 g/mol. The maximum atomic E-state index is 12.1. The lowest BCUT2D eigenvalue weighted by Gasteiger charge is -2.11. The van der Waals surface area contributed by atoms with Gasteiger partial charge in [0.25, 0.3) is 5.91 Å². The van der Waals surface area contributed by atoms with Gasteiger partial charge >= 0.3 is 0 Å². The van der Waals surface area contributed by atoms with E-state index in [2.05, 4.69) is 30.7 Å². The van der Waals surface area contributed by atoms with E-state index in [1.54, 1.807) is 0 Å². The SMILES string of the molecule is CN(C)CCCNC(=O)c1cc(Br)cn1C1CC1. The normalized spacial score (nSPS) is 15.1. The van der Waals surface area contributed by atoms with Crippen molar-refractivity contribution >= 4 is 21.8 Å². The summed E-state index contributed by atoms with van der Waals surface area (Å²) in [6.07, 6.45) is 5.35. The Kier molecular flexibility index (Phi) is 4.45. The molecule has 1 fully saturated rings. The monoisotopic (exact) mass is 313 g/mol. The summed E-state index contributed by atoms with van der Waals surface area (Å²) < 4.78 is 3.07. The zero-order valence-electron chi connectivity index (χ0n) is 10.9. The van der Waals surface area contributed by atoms with Gasteiger partial charge in [-0.1, -0.05) is 0 Å². The molecule has 0 atom stereocenters. The van der Waals surface area contributed by atoms with E-state index in [9.17, 15) is 4.79 Å². The molecule has 0 aromatic carbocycles. The second-order valence-electron chi connectivity index (χ2n) is 5.09. The number of carbonyl (C=O) groups excluding carboxylic acids is 1. The molecular formula is C13H20BrN3O. The largest absolute Gasteiger partial charge is 0.351 e. The van der Waals surface area contributed by atoms with Crippen LogP contribution in [0.1, 0.15) is 35.8 Å². The van der Waals surface area contributed by atoms with Gasteiger partial charge in [0.05, 0.1) is 0 Å². The Balaban J connectivity index is 1.88. The second kappa shape index (κ2) is 5.89. The number of aromatic nitrogens is 1. The molecule has 0 spiro atoms. The average molecular weight is 314 g/mol. The number of rotatable bonds is 6. The van der Waals surface area contributed by atoms with E-state index < -0.39 is 0 Å². The zero-order valence-corrected chi connectivity index (χ0v) is 12.5. The molecule has 1 amide bonds. The van der Waals surface area contributed by atoms with Crippen LogP contribution in [0.2, 0.25) is 0 Å². The first-order valence-electron chi connectivity index (χ1n) is 6.38. The molecule has 0 unspecified atom stereocenters. The summed E-state index contributed by atoms with van der Waals surface area (Å²) in [5.74, 6) is 0.0337. The fourth-order valence-corrected chi connectivity index (χ4v) is 2.41. The third-order valence-corrected chi connectivity index (χ3v) is 3.49. The van der Waals surface area contributed by atoms with Gasteiger partial charge in [-0.15, -0.1) is 0 Å². The van der Waals surface area contributed by atoms with Crippen molar-refractivity contribution in [2.75, 3.05) is 27.2 Å². The molecule has 1 N–H and O–H groups in total. The first-order valence-corrected chi connectivity index (χ1v) is 7.17. The fourth-order valence-electron chi connectivity index (χ4n) is 1.97. The highest BCUT2D eigenvalue weighted by Crippen LogP contribution is 2.37. The van der Waals surface area contributed by atoms with E-state index in [4.69, 9.17) is 0 Å². The number of carbonyl (C=O) groups is 1. The Morgan fingerprint density at radius 2 is 2.28 bits per heavy atom. The van der Waals surface area contributed by atoms with Crippen LogP contribution in [0.4, 0.5) is 0 Å². The minimum absolute atomic E-state index is 0.0337. The first-order chi connectivity index (χ1) is 8.58. The van der Waals surface area contributed by atoms with E-state index in [1.807, 2.05) is 26.4 Å². The Morgan fingerprint density at radius 1 is 1.56 bits per heavy atom. The third-order valence-electron chi connectivity index (χ3n) is 3.06. The first kappa shape index (κ1) is 13.6. The van der Waals surface area contributed by atoms with Crippen LogP contribution in [0.15, 0.2) is 16.7 Å². The van der Waals surface area contributed by atoms with Crippen molar-refractivity contribution in [2.24, 2.45) is 0 Å². The molecule has 5 heteroatoms. The molecule has 4 nitrogen and oxygen atoms in total. The van der Waals surface area contributed by atoms with Crippen molar-refractivity contribution < 1.29 is 4.79 Å². The number of nitrogens with one attached hydrogen (secondary N) is 1. The van der Waals surface area contributed by atoms with Crippen molar-refractivity contribution in [3.8, 4) is 0 Å². The quantitative estimate of drug-likeness (QED) is 0.818. The number of nitrogens with zero attached hydrogens (tertiary/aromatic N) is 2. The molecule has 1 aliphatic rings. The summed E-state index contributed by atoms with van der Waals surface area (Å²) in [7, 11) is 4.08. The van der Waals surface area contributed by atoms with Crippen molar-refractivity contribution in [1.29, 1.82) is 0 Å². The maximum Gasteiger partial charge on any atom is 0.267 e. The lowest BCUT2D eigenvalue weighted by atomic mass is 10.3. The van der Waals surface area contributed by atoms with Crippen molar-refractivity contribution in [2.45, 2.75) is 25.3 Å². The third kappa shape index (κ3) is 3.59. The smallest absolute Gasteiger partial charge is 0.267 e. The van der Waals surface area contributed by atoms with Crippen LogP contribution >= 0.6 is 15.9 Å². The summed E-state index contributed by atoms with van der Waals surface area (Å²) in [4.78, 5) is 14.2. The predicted molar refractivity (Wildman–Crippen MR) is 75.9 cm³/mol. The Labute approximate surface area is 116 Å². The van der Waals surface area contributed by atoms with Crippen LogP contribution in [-0.4, -0.2) is 42.6 Å². The maximum absolute atomic E-state index is 12.1. The summed E-state index contributed by atoms with van der Waals surface area (Å²) in [6.45, 7) is 1.72. The van der Waals surface area contributed by atoms with Gasteiger partial charge in [-0.2, -0.15) is 0 Å². The Hall–Kier alpha value is -0.810. The van der Waals surface area contributed by atoms with Crippen molar-refractivity contribution in [3.05, 3.63) is 22.4 Å². The van der Waals surface area contributed by atoms with Gasteiger partial charge in [0.2, 0.25) is 0 Å². The van der Waals surface area contributed by atoms with E-state index in [0.29, 0.717) is 6.04 Å². The highest BCUT2D eigenvalue weighted by molar-refractivity contribution is 9.10. The summed E-state index contributed by atoms with van der Waals surface area (Å²) in [6, 6.07) is 2.43. The highest BCUT2D eigenvalue weighted by atomic mass is 79.9. The zero-order chi connectivity index (χ0) is 13.1. The lowest BCUT2D eigenvalue weighted by molar-refractivity contribution is 0.0943. The van der Waals surface area contributed by atoms with Gasteiger partial charge in [0.15, 0.2) is 0 Å². The van der Waals surface area contributed by atoms with Crippen LogP contribution in [0.5, 0.6) is 0 Å². The number of hydrogen-bond donors (Lipinski definition) is 1. The summed E-state index contributed by atoms with van der Waals surface area (Å²) >= 11 is 3.44. The number of amides is 1.